The maximum atomic E-state index is 13.6. The number of aromatic amines is 1. The Bertz CT molecular complexity index is 507. The fourth-order valence-electron chi connectivity index (χ4n) is 1.90. The Labute approximate surface area is 106 Å². The quantitative estimate of drug-likeness (QED) is 0.850. The van der Waals surface area contributed by atoms with E-state index in [1.807, 2.05) is 0 Å². The number of hydrogen-bond acceptors (Lipinski definition) is 2. The molecule has 2 rings (SSSR count). The van der Waals surface area contributed by atoms with E-state index >= 15 is 0 Å². The highest BCUT2D eigenvalue weighted by Crippen LogP contribution is 2.22. The molecule has 2 aromatic rings. The summed E-state index contributed by atoms with van der Waals surface area (Å²) in [5.74, 6) is 0.469. The lowest BCUT2D eigenvalue weighted by atomic mass is 10.1. The summed E-state index contributed by atoms with van der Waals surface area (Å²) in [5, 5.41) is 0. The van der Waals surface area contributed by atoms with Gasteiger partial charge in [0.15, 0.2) is 0 Å². The second-order valence-corrected chi connectivity index (χ2v) is 4.41. The third-order valence-electron chi connectivity index (χ3n) is 2.98. The molecule has 18 heavy (non-hydrogen) atoms. The summed E-state index contributed by atoms with van der Waals surface area (Å²) in [6, 6.07) is 6.53. The van der Waals surface area contributed by atoms with Crippen molar-refractivity contribution in [1.82, 2.24) is 9.97 Å². The van der Waals surface area contributed by atoms with E-state index in [1.165, 1.54) is 6.07 Å². The minimum absolute atomic E-state index is 0.106. The second-order valence-electron chi connectivity index (χ2n) is 4.41. The molecule has 3 nitrogen and oxygen atoms in total. The van der Waals surface area contributed by atoms with Crippen LogP contribution in [0, 0.1) is 5.82 Å². The second kappa shape index (κ2) is 5.78. The number of unbranched alkanes of at least 4 members (excludes halogenated alkanes) is 1. The molecule has 1 heterocycles. The SMILES string of the molecule is CCCCC(N)c1ncc(-c2ccccc2F)[nH]1. The first-order valence-electron chi connectivity index (χ1n) is 6.27. The smallest absolute Gasteiger partial charge is 0.132 e. The highest BCUT2D eigenvalue weighted by molar-refractivity contribution is 5.59. The van der Waals surface area contributed by atoms with E-state index < -0.39 is 0 Å². The van der Waals surface area contributed by atoms with Crippen LogP contribution in [0.2, 0.25) is 0 Å². The lowest BCUT2D eigenvalue weighted by Crippen LogP contribution is -2.11. The minimum Gasteiger partial charge on any atom is -0.341 e. The minimum atomic E-state index is -0.255. The van der Waals surface area contributed by atoms with Gasteiger partial charge in [-0.15, -0.1) is 0 Å². The highest BCUT2D eigenvalue weighted by Gasteiger charge is 2.12. The van der Waals surface area contributed by atoms with Crippen LogP contribution in [-0.4, -0.2) is 9.97 Å². The van der Waals surface area contributed by atoms with Crippen LogP contribution in [0.15, 0.2) is 30.5 Å². The Morgan fingerprint density at radius 1 is 1.39 bits per heavy atom. The first kappa shape index (κ1) is 12.8. The first-order chi connectivity index (χ1) is 8.72. The van der Waals surface area contributed by atoms with Crippen LogP contribution in [0.1, 0.15) is 38.1 Å². The molecule has 0 radical (unpaired) electrons. The van der Waals surface area contributed by atoms with Gasteiger partial charge in [0, 0.05) is 5.56 Å². The maximum absolute atomic E-state index is 13.6. The zero-order valence-electron chi connectivity index (χ0n) is 10.5. The number of aromatic nitrogens is 2. The number of imidazole rings is 1. The molecule has 0 fully saturated rings. The number of rotatable bonds is 5. The standard InChI is InChI=1S/C14H18FN3/c1-2-3-8-12(16)14-17-9-13(18-14)10-6-4-5-7-11(10)15/h4-7,9,12H,2-3,8,16H2,1H3,(H,17,18). The summed E-state index contributed by atoms with van der Waals surface area (Å²) in [4.78, 5) is 7.34. The molecule has 0 spiro atoms. The van der Waals surface area contributed by atoms with Crippen molar-refractivity contribution in [1.29, 1.82) is 0 Å². The summed E-state index contributed by atoms with van der Waals surface area (Å²) in [6.07, 6.45) is 4.70. The molecule has 0 amide bonds. The average molecular weight is 247 g/mol. The third-order valence-corrected chi connectivity index (χ3v) is 2.98. The Morgan fingerprint density at radius 3 is 2.89 bits per heavy atom. The molecule has 0 saturated heterocycles. The summed E-state index contributed by atoms with van der Waals surface area (Å²) in [5.41, 5.74) is 7.23. The van der Waals surface area contributed by atoms with E-state index in [-0.39, 0.29) is 11.9 Å². The van der Waals surface area contributed by atoms with Gasteiger partial charge >= 0.3 is 0 Å². The fourth-order valence-corrected chi connectivity index (χ4v) is 1.90. The van der Waals surface area contributed by atoms with Gasteiger partial charge in [0.05, 0.1) is 17.9 Å². The van der Waals surface area contributed by atoms with E-state index in [0.29, 0.717) is 11.3 Å². The normalized spacial score (nSPS) is 12.6. The lowest BCUT2D eigenvalue weighted by molar-refractivity contribution is 0.580. The maximum Gasteiger partial charge on any atom is 0.132 e. The molecular weight excluding hydrogens is 229 g/mol. The molecule has 0 aliphatic carbocycles. The molecule has 3 N–H and O–H groups in total. The van der Waals surface area contributed by atoms with Crippen LogP contribution in [-0.2, 0) is 0 Å². The fraction of sp³-hybridized carbons (Fsp3) is 0.357. The molecular formula is C14H18FN3. The number of H-pyrrole nitrogens is 1. The Kier molecular flexibility index (Phi) is 4.10. The van der Waals surface area contributed by atoms with Crippen LogP contribution < -0.4 is 5.73 Å². The predicted molar refractivity (Wildman–Crippen MR) is 70.4 cm³/mol. The Morgan fingerprint density at radius 2 is 2.17 bits per heavy atom. The zero-order chi connectivity index (χ0) is 13.0. The number of nitrogens with one attached hydrogen (secondary N) is 1. The van der Waals surface area contributed by atoms with E-state index in [0.717, 1.165) is 25.1 Å². The van der Waals surface area contributed by atoms with Gasteiger partial charge < -0.3 is 10.7 Å². The van der Waals surface area contributed by atoms with Crippen LogP contribution in [0.5, 0.6) is 0 Å². The number of hydrogen-bond donors (Lipinski definition) is 2. The highest BCUT2D eigenvalue weighted by atomic mass is 19.1. The molecule has 0 aliphatic rings. The summed E-state index contributed by atoms with van der Waals surface area (Å²) in [6.45, 7) is 2.12. The van der Waals surface area contributed by atoms with Crippen molar-refractivity contribution in [3.63, 3.8) is 0 Å². The topological polar surface area (TPSA) is 54.7 Å². The monoisotopic (exact) mass is 247 g/mol. The summed E-state index contributed by atoms with van der Waals surface area (Å²) >= 11 is 0. The molecule has 4 heteroatoms. The van der Waals surface area contributed by atoms with Crippen LogP contribution in [0.4, 0.5) is 4.39 Å². The van der Waals surface area contributed by atoms with Gasteiger partial charge in [-0.3, -0.25) is 0 Å². The predicted octanol–water partition coefficient (Wildman–Crippen LogP) is 3.41. The number of benzene rings is 1. The van der Waals surface area contributed by atoms with Gasteiger partial charge in [-0.1, -0.05) is 31.9 Å². The Balaban J connectivity index is 2.18. The van der Waals surface area contributed by atoms with Crippen molar-refractivity contribution in [2.75, 3.05) is 0 Å². The van der Waals surface area contributed by atoms with Crippen LogP contribution >= 0.6 is 0 Å². The van der Waals surface area contributed by atoms with Gasteiger partial charge in [0.2, 0.25) is 0 Å². The van der Waals surface area contributed by atoms with Crippen molar-refractivity contribution < 1.29 is 4.39 Å². The molecule has 0 bridgehead atoms. The molecule has 1 aromatic carbocycles. The first-order valence-corrected chi connectivity index (χ1v) is 6.27. The van der Waals surface area contributed by atoms with Gasteiger partial charge in [0.1, 0.15) is 11.6 Å². The molecule has 0 saturated carbocycles. The van der Waals surface area contributed by atoms with Crippen molar-refractivity contribution in [2.45, 2.75) is 32.2 Å². The van der Waals surface area contributed by atoms with Gasteiger partial charge in [-0.05, 0) is 18.6 Å². The molecule has 1 atom stereocenters. The number of halogens is 1. The van der Waals surface area contributed by atoms with E-state index in [2.05, 4.69) is 16.9 Å². The molecule has 1 aromatic heterocycles. The van der Waals surface area contributed by atoms with Crippen molar-refractivity contribution in [2.24, 2.45) is 5.73 Å². The lowest BCUT2D eigenvalue weighted by Gasteiger charge is -2.07. The van der Waals surface area contributed by atoms with E-state index in [1.54, 1.807) is 24.4 Å². The van der Waals surface area contributed by atoms with Crippen molar-refractivity contribution >= 4 is 0 Å². The van der Waals surface area contributed by atoms with Crippen molar-refractivity contribution in [3.8, 4) is 11.3 Å². The number of nitrogens with zero attached hydrogens (tertiary/aromatic N) is 1. The van der Waals surface area contributed by atoms with Gasteiger partial charge in [-0.25, -0.2) is 9.37 Å². The van der Waals surface area contributed by atoms with Crippen LogP contribution in [0.3, 0.4) is 0 Å². The van der Waals surface area contributed by atoms with Crippen molar-refractivity contribution in [3.05, 3.63) is 42.1 Å². The van der Waals surface area contributed by atoms with Gasteiger partial charge in [0.25, 0.3) is 0 Å². The van der Waals surface area contributed by atoms with Crippen LogP contribution in [0.25, 0.3) is 11.3 Å². The largest absolute Gasteiger partial charge is 0.341 e. The number of nitrogens with two attached hydrogens (primary N) is 1. The summed E-state index contributed by atoms with van der Waals surface area (Å²) in [7, 11) is 0. The average Bonchev–Trinajstić information content (AvgIpc) is 2.86. The summed E-state index contributed by atoms with van der Waals surface area (Å²) < 4.78 is 13.6. The Hall–Kier alpha value is -1.68. The molecule has 0 aliphatic heterocycles. The van der Waals surface area contributed by atoms with Gasteiger partial charge in [-0.2, -0.15) is 0 Å². The zero-order valence-corrected chi connectivity index (χ0v) is 10.5. The third kappa shape index (κ3) is 2.76. The van der Waals surface area contributed by atoms with E-state index in [9.17, 15) is 4.39 Å². The molecule has 1 unspecified atom stereocenters. The molecule has 96 valence electrons. The van der Waals surface area contributed by atoms with E-state index in [4.69, 9.17) is 5.73 Å².